The minimum Gasteiger partial charge on any atom is -0.465 e. The number of hydrogen-bond donors (Lipinski definition) is 2. The van der Waals surface area contributed by atoms with Crippen LogP contribution in [0, 0.1) is 0 Å². The number of esters is 1. The summed E-state index contributed by atoms with van der Waals surface area (Å²) in [6, 6.07) is 2.91. The first-order valence-corrected chi connectivity index (χ1v) is 14.9. The summed E-state index contributed by atoms with van der Waals surface area (Å²) in [5.41, 5.74) is -0.492. The molecule has 1 saturated heterocycles. The molecule has 3 rings (SSSR count). The molecule has 1 fully saturated rings. The molecule has 2 aromatic rings. The van der Waals surface area contributed by atoms with Gasteiger partial charge in [0, 0.05) is 32.4 Å². The highest BCUT2D eigenvalue weighted by Gasteiger charge is 2.25. The molecule has 0 spiro atoms. The van der Waals surface area contributed by atoms with Crippen LogP contribution in [0.2, 0.25) is 5.15 Å². The topological polar surface area (TPSA) is 170 Å². The largest absolute Gasteiger partial charge is 0.465 e. The van der Waals surface area contributed by atoms with E-state index in [1.165, 1.54) is 27.9 Å². The second-order valence-electron chi connectivity index (χ2n) is 11.1. The molecule has 0 radical (unpaired) electrons. The van der Waals surface area contributed by atoms with E-state index in [4.69, 9.17) is 25.8 Å². The fourth-order valence-corrected chi connectivity index (χ4v) is 4.46. The van der Waals surface area contributed by atoms with Crippen molar-refractivity contribution in [1.29, 1.82) is 0 Å². The van der Waals surface area contributed by atoms with Gasteiger partial charge in [0.25, 0.3) is 5.91 Å². The molecular formula is C28H41ClN8O7. The van der Waals surface area contributed by atoms with Crippen LogP contribution < -0.4 is 10.6 Å². The predicted molar refractivity (Wildman–Crippen MR) is 160 cm³/mol. The normalized spacial score (nSPS) is 14.1. The quantitative estimate of drug-likeness (QED) is 0.177. The van der Waals surface area contributed by atoms with E-state index >= 15 is 0 Å². The van der Waals surface area contributed by atoms with Crippen LogP contribution in [-0.2, 0) is 30.3 Å². The van der Waals surface area contributed by atoms with Gasteiger partial charge in [0.2, 0.25) is 5.91 Å². The maximum Gasteiger partial charge on any atom is 0.410 e. The third-order valence-electron chi connectivity index (χ3n) is 6.35. The highest BCUT2D eigenvalue weighted by Crippen LogP contribution is 2.20. The molecular weight excluding hydrogens is 596 g/mol. The lowest BCUT2D eigenvalue weighted by molar-refractivity contribution is -0.145. The van der Waals surface area contributed by atoms with E-state index in [1.54, 1.807) is 33.9 Å². The summed E-state index contributed by atoms with van der Waals surface area (Å²) in [6.45, 7) is 9.85. The van der Waals surface area contributed by atoms with Gasteiger partial charge in [-0.3, -0.25) is 28.9 Å². The molecule has 0 unspecified atom stereocenters. The minimum absolute atomic E-state index is 0.0506. The summed E-state index contributed by atoms with van der Waals surface area (Å²) in [4.78, 5) is 57.2. The van der Waals surface area contributed by atoms with Crippen molar-refractivity contribution in [2.45, 2.75) is 58.8 Å². The Morgan fingerprint density at radius 1 is 1.16 bits per heavy atom. The molecule has 16 heteroatoms. The number of pyridine rings is 1. The van der Waals surface area contributed by atoms with Crippen molar-refractivity contribution in [3.05, 3.63) is 35.4 Å². The Hall–Kier alpha value is -3.82. The van der Waals surface area contributed by atoms with Gasteiger partial charge in [-0.1, -0.05) is 16.8 Å². The van der Waals surface area contributed by atoms with Crippen molar-refractivity contribution in [3.63, 3.8) is 0 Å². The molecule has 2 N–H and O–H groups in total. The third-order valence-corrected chi connectivity index (χ3v) is 6.63. The van der Waals surface area contributed by atoms with Gasteiger partial charge >= 0.3 is 12.1 Å². The highest BCUT2D eigenvalue weighted by atomic mass is 35.5. The van der Waals surface area contributed by atoms with Crippen molar-refractivity contribution in [2.24, 2.45) is 0 Å². The van der Waals surface area contributed by atoms with Crippen LogP contribution in [0.4, 0.5) is 10.5 Å². The summed E-state index contributed by atoms with van der Waals surface area (Å²) in [5, 5.41) is 12.9. The molecule has 0 saturated carbocycles. The van der Waals surface area contributed by atoms with Crippen LogP contribution in [0.3, 0.4) is 0 Å². The Bertz CT molecular complexity index is 1250. The lowest BCUT2D eigenvalue weighted by Crippen LogP contribution is -2.43. The molecule has 0 aliphatic carbocycles. The Morgan fingerprint density at radius 2 is 1.91 bits per heavy atom. The first-order valence-electron chi connectivity index (χ1n) is 14.5. The fraction of sp³-hybridized carbons (Fsp3) is 0.607. The zero-order valence-electron chi connectivity index (χ0n) is 25.6. The summed E-state index contributed by atoms with van der Waals surface area (Å²) >= 11 is 6.27. The highest BCUT2D eigenvalue weighted by molar-refractivity contribution is 6.32. The molecule has 0 aromatic carbocycles. The molecule has 15 nitrogen and oxygen atoms in total. The smallest absolute Gasteiger partial charge is 0.410 e. The number of aromatic nitrogens is 4. The van der Waals surface area contributed by atoms with Crippen LogP contribution in [0.15, 0.2) is 24.5 Å². The van der Waals surface area contributed by atoms with Crippen molar-refractivity contribution >= 4 is 41.2 Å². The monoisotopic (exact) mass is 636 g/mol. The maximum absolute atomic E-state index is 12.8. The number of anilines is 1. The van der Waals surface area contributed by atoms with E-state index in [9.17, 15) is 19.2 Å². The second kappa shape index (κ2) is 16.9. The Kier molecular flexibility index (Phi) is 13.3. The number of carbonyl (C=O) groups is 4. The molecule has 0 bridgehead atoms. The van der Waals surface area contributed by atoms with Gasteiger partial charge in [0.05, 0.1) is 44.3 Å². The predicted octanol–water partition coefficient (Wildman–Crippen LogP) is 1.98. The van der Waals surface area contributed by atoms with E-state index in [1.807, 2.05) is 4.90 Å². The fourth-order valence-electron chi connectivity index (χ4n) is 4.26. The second-order valence-corrected chi connectivity index (χ2v) is 11.4. The van der Waals surface area contributed by atoms with Gasteiger partial charge in [-0.05, 0) is 52.7 Å². The average Bonchev–Trinajstić information content (AvgIpc) is 3.48. The Morgan fingerprint density at radius 3 is 2.55 bits per heavy atom. The zero-order valence-corrected chi connectivity index (χ0v) is 26.3. The number of halogens is 1. The van der Waals surface area contributed by atoms with Gasteiger partial charge in [-0.15, -0.1) is 5.10 Å². The summed E-state index contributed by atoms with van der Waals surface area (Å²) < 4.78 is 17.8. The van der Waals surface area contributed by atoms with Gasteiger partial charge in [-0.2, -0.15) is 0 Å². The Labute approximate surface area is 261 Å². The standard InChI is InChI=1S/C28H41ClN8O7/c1-5-42-24(39)19-35-12-8-20(9-13-35)43-17-11-30-26(40)22-7-6-21(25(29)33-22)32-23(38)18-36(27(41)44-28(2,3)4)15-16-37-14-10-31-34-37/h6-7,10,14,20H,5,8-9,11-13,15-19H2,1-4H3,(H,30,40)(H,32,38). The summed E-state index contributed by atoms with van der Waals surface area (Å²) in [5.74, 6) is -1.19. The SMILES string of the molecule is CCOC(=O)CN1CCC(OCCNC(=O)c2ccc(NC(=O)CN(CCn3ccnn3)C(=O)OC(C)(C)C)c(Cl)n2)CC1. The molecule has 3 heterocycles. The van der Waals surface area contributed by atoms with E-state index in [0.717, 1.165) is 25.9 Å². The van der Waals surface area contributed by atoms with E-state index in [0.29, 0.717) is 19.8 Å². The van der Waals surface area contributed by atoms with E-state index < -0.39 is 23.5 Å². The van der Waals surface area contributed by atoms with Gasteiger partial charge in [0.15, 0.2) is 5.15 Å². The molecule has 1 aliphatic rings. The first-order chi connectivity index (χ1) is 20.9. The van der Waals surface area contributed by atoms with E-state index in [-0.39, 0.29) is 54.8 Å². The van der Waals surface area contributed by atoms with Gasteiger partial charge in [0.1, 0.15) is 17.8 Å². The maximum atomic E-state index is 12.8. The van der Waals surface area contributed by atoms with Crippen LogP contribution in [0.1, 0.15) is 51.0 Å². The number of hydrogen-bond acceptors (Lipinski definition) is 11. The lowest BCUT2D eigenvalue weighted by Gasteiger charge is -2.31. The summed E-state index contributed by atoms with van der Waals surface area (Å²) in [7, 11) is 0. The van der Waals surface area contributed by atoms with Crippen molar-refractivity contribution in [2.75, 3.05) is 57.8 Å². The Balaban J connectivity index is 1.43. The molecule has 1 aliphatic heterocycles. The number of ether oxygens (including phenoxy) is 3. The summed E-state index contributed by atoms with van der Waals surface area (Å²) in [6.07, 6.45) is 4.12. The number of amides is 3. The van der Waals surface area contributed by atoms with Crippen LogP contribution >= 0.6 is 11.6 Å². The van der Waals surface area contributed by atoms with Crippen LogP contribution in [0.25, 0.3) is 0 Å². The number of rotatable bonds is 14. The molecule has 0 atom stereocenters. The minimum atomic E-state index is -0.751. The number of nitrogens with one attached hydrogen (secondary N) is 2. The van der Waals surface area contributed by atoms with Crippen molar-refractivity contribution in [1.82, 2.24) is 35.1 Å². The zero-order chi connectivity index (χ0) is 32.1. The number of piperidine rings is 1. The van der Waals surface area contributed by atoms with E-state index in [2.05, 4.69) is 25.9 Å². The van der Waals surface area contributed by atoms with Gasteiger partial charge in [-0.25, -0.2) is 9.78 Å². The lowest BCUT2D eigenvalue weighted by atomic mass is 10.1. The van der Waals surface area contributed by atoms with Crippen LogP contribution in [0.5, 0.6) is 0 Å². The van der Waals surface area contributed by atoms with Crippen LogP contribution in [-0.4, -0.2) is 118 Å². The van der Waals surface area contributed by atoms with Crippen molar-refractivity contribution < 1.29 is 33.4 Å². The number of carbonyl (C=O) groups excluding carboxylic acids is 4. The molecule has 3 amide bonds. The van der Waals surface area contributed by atoms with Gasteiger partial charge < -0.3 is 24.8 Å². The number of nitrogens with zero attached hydrogens (tertiary/aromatic N) is 6. The molecule has 2 aromatic heterocycles. The molecule has 44 heavy (non-hydrogen) atoms. The molecule has 242 valence electrons. The first kappa shape index (κ1) is 34.7. The number of likely N-dealkylation sites (tertiary alicyclic amines) is 1. The van der Waals surface area contributed by atoms with Crippen molar-refractivity contribution in [3.8, 4) is 0 Å². The third kappa shape index (κ3) is 12.1. The average molecular weight is 637 g/mol.